The summed E-state index contributed by atoms with van der Waals surface area (Å²) in [5, 5.41) is 11.6. The van der Waals surface area contributed by atoms with Crippen molar-refractivity contribution in [1.82, 2.24) is 4.98 Å². The summed E-state index contributed by atoms with van der Waals surface area (Å²) >= 11 is 0. The number of benzene rings is 2. The van der Waals surface area contributed by atoms with Crippen molar-refractivity contribution in [2.45, 2.75) is 13.3 Å². The van der Waals surface area contributed by atoms with Crippen LogP contribution in [0.3, 0.4) is 0 Å². The van der Waals surface area contributed by atoms with Crippen molar-refractivity contribution in [3.05, 3.63) is 77.5 Å². The molecule has 0 spiro atoms. The Morgan fingerprint density at radius 3 is 2.56 bits per heavy atom. The normalized spacial score (nSPS) is 14.3. The molecule has 4 heteroatoms. The Hall–Kier alpha value is -3.27. The van der Waals surface area contributed by atoms with Crippen molar-refractivity contribution in [2.75, 3.05) is 0 Å². The van der Waals surface area contributed by atoms with Crippen LogP contribution in [0.2, 0.25) is 0 Å². The second-order valence-electron chi connectivity index (χ2n) is 5.86. The number of ketones is 1. The molecular formula is C21H16N2O2. The van der Waals surface area contributed by atoms with Gasteiger partial charge >= 0.3 is 0 Å². The number of carbonyl (C=O) groups is 1. The summed E-state index contributed by atoms with van der Waals surface area (Å²) in [4.78, 5) is 21.8. The van der Waals surface area contributed by atoms with Crippen LogP contribution in [0.15, 0.2) is 71.4 Å². The highest BCUT2D eigenvalue weighted by Gasteiger charge is 2.31. The van der Waals surface area contributed by atoms with Crippen LogP contribution in [-0.4, -0.2) is 21.6 Å². The van der Waals surface area contributed by atoms with Gasteiger partial charge in [-0.1, -0.05) is 49.4 Å². The first-order valence-electron chi connectivity index (χ1n) is 8.19. The topological polar surface area (TPSA) is 62.6 Å². The monoisotopic (exact) mass is 328 g/mol. The molecule has 1 aliphatic carbocycles. The molecular weight excluding hydrogens is 312 g/mol. The molecule has 0 bridgehead atoms. The van der Waals surface area contributed by atoms with E-state index in [1.54, 1.807) is 24.4 Å². The fraction of sp³-hybridized carbons (Fsp3) is 0.0952. The molecule has 3 aromatic rings. The van der Waals surface area contributed by atoms with Gasteiger partial charge in [-0.15, -0.1) is 0 Å². The van der Waals surface area contributed by atoms with Crippen LogP contribution < -0.4 is 0 Å². The summed E-state index contributed by atoms with van der Waals surface area (Å²) < 4.78 is 0. The number of nitrogens with zero attached hydrogens (tertiary/aromatic N) is 2. The highest BCUT2D eigenvalue weighted by molar-refractivity contribution is 6.35. The minimum Gasteiger partial charge on any atom is -0.506 e. The van der Waals surface area contributed by atoms with E-state index >= 15 is 0 Å². The van der Waals surface area contributed by atoms with Gasteiger partial charge < -0.3 is 5.11 Å². The number of aliphatic imine (C=N–C) groups is 1. The van der Waals surface area contributed by atoms with Crippen molar-refractivity contribution < 1.29 is 9.90 Å². The van der Waals surface area contributed by atoms with Gasteiger partial charge in [0.25, 0.3) is 0 Å². The van der Waals surface area contributed by atoms with E-state index in [2.05, 4.69) is 9.98 Å². The zero-order valence-corrected chi connectivity index (χ0v) is 13.7. The number of Topliss-reactive ketones (excluding diaryl/α,β-unsaturated/α-hetero) is 1. The number of aliphatic hydroxyl groups is 1. The van der Waals surface area contributed by atoms with E-state index in [0.717, 1.165) is 10.9 Å². The summed E-state index contributed by atoms with van der Waals surface area (Å²) in [6.07, 6.45) is 2.25. The number of aromatic nitrogens is 1. The molecule has 0 fully saturated rings. The van der Waals surface area contributed by atoms with Crippen LogP contribution in [0.1, 0.15) is 29.3 Å². The Bertz CT molecular complexity index is 1060. The molecule has 0 saturated heterocycles. The minimum atomic E-state index is -0.179. The van der Waals surface area contributed by atoms with Crippen LogP contribution in [0.4, 0.5) is 5.69 Å². The van der Waals surface area contributed by atoms with E-state index in [-0.39, 0.29) is 17.1 Å². The molecule has 1 N–H and O–H groups in total. The summed E-state index contributed by atoms with van der Waals surface area (Å²) in [5.74, 6) is -0.170. The highest BCUT2D eigenvalue weighted by atomic mass is 16.3. The van der Waals surface area contributed by atoms with Gasteiger partial charge in [0, 0.05) is 22.7 Å². The van der Waals surface area contributed by atoms with E-state index in [0.29, 0.717) is 28.9 Å². The zero-order valence-electron chi connectivity index (χ0n) is 13.7. The standard InChI is InChI=1S/C21H16N2O2/c1-2-16(18-20(24)14-9-3-4-10-15(14)21(18)25)23-17-11-5-7-13-8-6-12-22-19(13)17/h3-12,24H,2H2,1H3. The lowest BCUT2D eigenvalue weighted by molar-refractivity contribution is 0.104. The lowest BCUT2D eigenvalue weighted by atomic mass is 10.0. The lowest BCUT2D eigenvalue weighted by Crippen LogP contribution is -2.10. The molecule has 0 saturated carbocycles. The van der Waals surface area contributed by atoms with Crippen LogP contribution in [0.25, 0.3) is 16.7 Å². The zero-order chi connectivity index (χ0) is 17.4. The number of aliphatic hydroxyl groups excluding tert-OH is 1. The van der Waals surface area contributed by atoms with Gasteiger partial charge in [0.05, 0.1) is 22.5 Å². The lowest BCUT2D eigenvalue weighted by Gasteiger charge is -2.07. The van der Waals surface area contributed by atoms with E-state index < -0.39 is 0 Å². The maximum absolute atomic E-state index is 12.7. The number of hydrogen-bond donors (Lipinski definition) is 1. The van der Waals surface area contributed by atoms with Gasteiger partial charge in [-0.2, -0.15) is 0 Å². The molecule has 1 aliphatic rings. The van der Waals surface area contributed by atoms with Crippen molar-refractivity contribution in [3.8, 4) is 0 Å². The third-order valence-corrected chi connectivity index (χ3v) is 4.38. The Morgan fingerprint density at radius 2 is 1.80 bits per heavy atom. The molecule has 0 unspecified atom stereocenters. The van der Waals surface area contributed by atoms with Gasteiger partial charge in [-0.25, -0.2) is 0 Å². The predicted molar refractivity (Wildman–Crippen MR) is 99.5 cm³/mol. The highest BCUT2D eigenvalue weighted by Crippen LogP contribution is 2.33. The van der Waals surface area contributed by atoms with Gasteiger partial charge in [-0.3, -0.25) is 14.8 Å². The largest absolute Gasteiger partial charge is 0.506 e. The Morgan fingerprint density at radius 1 is 1.04 bits per heavy atom. The second-order valence-corrected chi connectivity index (χ2v) is 5.86. The molecule has 0 radical (unpaired) electrons. The van der Waals surface area contributed by atoms with Gasteiger partial charge in [0.2, 0.25) is 0 Å². The SMILES string of the molecule is CCC(=Nc1cccc2cccnc12)C1=C(O)c2ccccc2C1=O. The smallest absolute Gasteiger partial charge is 0.199 e. The number of fused-ring (bicyclic) bond motifs is 2. The van der Waals surface area contributed by atoms with Crippen LogP contribution in [0, 0.1) is 0 Å². The van der Waals surface area contributed by atoms with Crippen LogP contribution in [0.5, 0.6) is 0 Å². The Labute approximate surface area is 145 Å². The maximum atomic E-state index is 12.7. The maximum Gasteiger partial charge on any atom is 0.199 e. The summed E-state index contributed by atoms with van der Waals surface area (Å²) in [5.41, 5.74) is 3.42. The number of carbonyl (C=O) groups excluding carboxylic acids is 1. The first kappa shape index (κ1) is 15.3. The predicted octanol–water partition coefficient (Wildman–Crippen LogP) is 4.88. The molecule has 0 aliphatic heterocycles. The van der Waals surface area contributed by atoms with Crippen molar-refractivity contribution in [1.29, 1.82) is 0 Å². The van der Waals surface area contributed by atoms with E-state index in [1.807, 2.05) is 43.3 Å². The fourth-order valence-electron chi connectivity index (χ4n) is 3.17. The first-order chi connectivity index (χ1) is 12.2. The number of allylic oxidation sites excluding steroid dienone is 1. The van der Waals surface area contributed by atoms with Crippen molar-refractivity contribution >= 4 is 33.8 Å². The third kappa shape index (κ3) is 2.43. The molecule has 4 nitrogen and oxygen atoms in total. The molecule has 122 valence electrons. The number of hydrogen-bond acceptors (Lipinski definition) is 4. The van der Waals surface area contributed by atoms with Gasteiger partial charge in [0.15, 0.2) is 5.78 Å². The van der Waals surface area contributed by atoms with Gasteiger partial charge in [-0.05, 0) is 18.6 Å². The number of para-hydroxylation sites is 1. The Balaban J connectivity index is 1.88. The third-order valence-electron chi connectivity index (χ3n) is 4.38. The summed E-state index contributed by atoms with van der Waals surface area (Å²) in [6, 6.07) is 16.7. The quantitative estimate of drug-likeness (QED) is 0.697. The second kappa shape index (κ2) is 5.98. The van der Waals surface area contributed by atoms with Crippen molar-refractivity contribution in [3.63, 3.8) is 0 Å². The molecule has 1 heterocycles. The van der Waals surface area contributed by atoms with Crippen molar-refractivity contribution in [2.24, 2.45) is 4.99 Å². The minimum absolute atomic E-state index is 0.00870. The summed E-state index contributed by atoms with van der Waals surface area (Å²) in [7, 11) is 0. The van der Waals surface area contributed by atoms with Gasteiger partial charge in [0.1, 0.15) is 5.76 Å². The fourth-order valence-corrected chi connectivity index (χ4v) is 3.17. The molecule has 0 atom stereocenters. The average Bonchev–Trinajstić information content (AvgIpc) is 2.91. The first-order valence-corrected chi connectivity index (χ1v) is 8.19. The molecule has 4 rings (SSSR count). The summed E-state index contributed by atoms with van der Waals surface area (Å²) in [6.45, 7) is 1.92. The Kier molecular flexibility index (Phi) is 3.65. The molecule has 25 heavy (non-hydrogen) atoms. The van der Waals surface area contributed by atoms with Crippen LogP contribution in [-0.2, 0) is 0 Å². The number of rotatable bonds is 3. The van der Waals surface area contributed by atoms with E-state index in [9.17, 15) is 9.90 Å². The molecule has 0 amide bonds. The molecule has 2 aromatic carbocycles. The van der Waals surface area contributed by atoms with E-state index in [1.165, 1.54) is 0 Å². The van der Waals surface area contributed by atoms with Crippen LogP contribution >= 0.6 is 0 Å². The molecule has 1 aromatic heterocycles. The van der Waals surface area contributed by atoms with E-state index in [4.69, 9.17) is 0 Å². The average molecular weight is 328 g/mol. The number of pyridine rings is 1.